The van der Waals surface area contributed by atoms with Crippen LogP contribution in [0.15, 0.2) is 48.5 Å². The molecule has 0 aliphatic heterocycles. The maximum absolute atomic E-state index is 12.0. The molecule has 2 aromatic carbocycles. The van der Waals surface area contributed by atoms with Crippen molar-refractivity contribution in [2.75, 3.05) is 23.8 Å². The fourth-order valence-electron chi connectivity index (χ4n) is 2.34. The van der Waals surface area contributed by atoms with Crippen LogP contribution in [-0.2, 0) is 16.0 Å². The summed E-state index contributed by atoms with van der Waals surface area (Å²) in [5.74, 6) is 0.227. The second-order valence-electron chi connectivity index (χ2n) is 5.66. The Kier molecular flexibility index (Phi) is 7.49. The van der Waals surface area contributed by atoms with E-state index in [1.807, 2.05) is 24.3 Å². The molecule has 0 spiro atoms. The Balaban J connectivity index is 1.84. The normalized spacial score (nSPS) is 10.1. The van der Waals surface area contributed by atoms with Crippen molar-refractivity contribution in [3.05, 3.63) is 54.1 Å². The van der Waals surface area contributed by atoms with Crippen LogP contribution in [0.4, 0.5) is 16.2 Å². The van der Waals surface area contributed by atoms with Gasteiger partial charge in [-0.2, -0.15) is 0 Å². The van der Waals surface area contributed by atoms with E-state index in [0.717, 1.165) is 18.5 Å². The molecule has 0 aliphatic rings. The minimum absolute atomic E-state index is 0.125. The van der Waals surface area contributed by atoms with E-state index in [2.05, 4.69) is 17.6 Å². The summed E-state index contributed by atoms with van der Waals surface area (Å²) < 4.78 is 10.3. The Labute approximate surface area is 153 Å². The first-order valence-corrected chi connectivity index (χ1v) is 8.66. The van der Waals surface area contributed by atoms with Gasteiger partial charge < -0.3 is 14.8 Å². The van der Waals surface area contributed by atoms with Gasteiger partial charge in [0, 0.05) is 17.4 Å². The van der Waals surface area contributed by atoms with Gasteiger partial charge in [-0.1, -0.05) is 31.5 Å². The van der Waals surface area contributed by atoms with Crippen LogP contribution in [0.3, 0.4) is 0 Å². The van der Waals surface area contributed by atoms with E-state index in [9.17, 15) is 9.59 Å². The van der Waals surface area contributed by atoms with E-state index < -0.39 is 6.09 Å². The molecule has 6 heteroatoms. The molecule has 0 saturated carbocycles. The molecule has 0 saturated heterocycles. The van der Waals surface area contributed by atoms with Gasteiger partial charge in [-0.3, -0.25) is 10.1 Å². The number of carbonyl (C=O) groups excluding carboxylic acids is 2. The van der Waals surface area contributed by atoms with E-state index in [1.54, 1.807) is 31.2 Å². The molecule has 0 unspecified atom stereocenters. The Hall–Kier alpha value is -3.02. The zero-order chi connectivity index (χ0) is 18.8. The predicted octanol–water partition coefficient (Wildman–Crippen LogP) is 4.23. The number of hydrogen-bond donors (Lipinski definition) is 2. The number of benzene rings is 2. The van der Waals surface area contributed by atoms with Crippen LogP contribution in [0, 0.1) is 0 Å². The molecule has 26 heavy (non-hydrogen) atoms. The van der Waals surface area contributed by atoms with Crippen LogP contribution >= 0.6 is 0 Å². The lowest BCUT2D eigenvalue weighted by Gasteiger charge is -2.10. The van der Waals surface area contributed by atoms with E-state index in [1.165, 1.54) is 5.56 Å². The third-order valence-corrected chi connectivity index (χ3v) is 3.50. The second-order valence-corrected chi connectivity index (χ2v) is 5.66. The lowest BCUT2D eigenvalue weighted by molar-refractivity contribution is -0.118. The molecule has 0 bridgehead atoms. The Bertz CT molecular complexity index is 729. The van der Waals surface area contributed by atoms with Crippen molar-refractivity contribution >= 4 is 23.4 Å². The van der Waals surface area contributed by atoms with Gasteiger partial charge in [0.2, 0.25) is 0 Å². The Morgan fingerprint density at radius 1 is 0.962 bits per heavy atom. The van der Waals surface area contributed by atoms with Crippen molar-refractivity contribution in [3.8, 4) is 5.75 Å². The van der Waals surface area contributed by atoms with Gasteiger partial charge in [-0.25, -0.2) is 4.79 Å². The van der Waals surface area contributed by atoms with Crippen molar-refractivity contribution in [2.45, 2.75) is 26.7 Å². The molecule has 2 rings (SSSR count). The van der Waals surface area contributed by atoms with Crippen molar-refractivity contribution < 1.29 is 19.1 Å². The van der Waals surface area contributed by atoms with Gasteiger partial charge in [0.05, 0.1) is 6.61 Å². The van der Waals surface area contributed by atoms with Gasteiger partial charge >= 0.3 is 6.09 Å². The molecule has 0 radical (unpaired) electrons. The number of ether oxygens (including phenoxy) is 2. The first kappa shape index (κ1) is 19.3. The predicted molar refractivity (Wildman–Crippen MR) is 102 cm³/mol. The van der Waals surface area contributed by atoms with Crippen LogP contribution in [0.1, 0.15) is 25.8 Å². The first-order valence-electron chi connectivity index (χ1n) is 8.66. The average molecular weight is 356 g/mol. The fourth-order valence-corrected chi connectivity index (χ4v) is 2.34. The molecule has 0 heterocycles. The van der Waals surface area contributed by atoms with Crippen LogP contribution in [0.2, 0.25) is 0 Å². The third-order valence-electron chi connectivity index (χ3n) is 3.50. The number of hydrogen-bond acceptors (Lipinski definition) is 4. The number of aryl methyl sites for hydroxylation is 1. The van der Waals surface area contributed by atoms with Crippen LogP contribution in [-0.4, -0.2) is 25.2 Å². The van der Waals surface area contributed by atoms with Gasteiger partial charge in [0.25, 0.3) is 5.91 Å². The fraction of sp³-hybridized carbons (Fsp3) is 0.300. The highest BCUT2D eigenvalue weighted by atomic mass is 16.5. The number of nitrogens with one attached hydrogen (secondary N) is 2. The first-order chi connectivity index (χ1) is 12.6. The highest BCUT2D eigenvalue weighted by Gasteiger charge is 2.06. The zero-order valence-electron chi connectivity index (χ0n) is 15.1. The summed E-state index contributed by atoms with van der Waals surface area (Å²) in [4.78, 5) is 23.4. The number of anilines is 2. The monoisotopic (exact) mass is 356 g/mol. The van der Waals surface area contributed by atoms with Gasteiger partial charge in [-0.05, 0) is 43.2 Å². The van der Waals surface area contributed by atoms with Gasteiger partial charge in [0.1, 0.15) is 5.75 Å². The molecular formula is C20H24N2O4. The summed E-state index contributed by atoms with van der Waals surface area (Å²) in [7, 11) is 0. The summed E-state index contributed by atoms with van der Waals surface area (Å²) in [6.07, 6.45) is 1.57. The molecule has 6 nitrogen and oxygen atoms in total. The van der Waals surface area contributed by atoms with E-state index in [4.69, 9.17) is 9.47 Å². The van der Waals surface area contributed by atoms with Crippen molar-refractivity contribution in [1.82, 2.24) is 0 Å². The van der Waals surface area contributed by atoms with Crippen LogP contribution < -0.4 is 15.4 Å². The smallest absolute Gasteiger partial charge is 0.411 e. The van der Waals surface area contributed by atoms with E-state index >= 15 is 0 Å². The van der Waals surface area contributed by atoms with Crippen molar-refractivity contribution in [1.29, 1.82) is 0 Å². The van der Waals surface area contributed by atoms with Crippen LogP contribution in [0.25, 0.3) is 0 Å². The molecule has 138 valence electrons. The maximum atomic E-state index is 12.0. The molecule has 0 aliphatic carbocycles. The molecule has 2 aromatic rings. The van der Waals surface area contributed by atoms with Crippen molar-refractivity contribution in [2.24, 2.45) is 0 Å². The number of rotatable bonds is 8. The lowest BCUT2D eigenvalue weighted by atomic mass is 10.1. The second kappa shape index (κ2) is 10.1. The molecular weight excluding hydrogens is 332 g/mol. The standard InChI is InChI=1S/C20H24N2O4/c1-3-6-15-9-11-16(12-10-15)21-19(23)14-26-18-8-5-7-17(13-18)22-20(24)25-4-2/h5,7-13H,3-4,6,14H2,1-2H3,(H,21,23)(H,22,24). The third kappa shape index (κ3) is 6.47. The van der Waals surface area contributed by atoms with Crippen molar-refractivity contribution in [3.63, 3.8) is 0 Å². The average Bonchev–Trinajstić information content (AvgIpc) is 2.62. The van der Waals surface area contributed by atoms with Gasteiger partial charge in [0.15, 0.2) is 6.61 Å². The zero-order valence-corrected chi connectivity index (χ0v) is 15.1. The SMILES string of the molecule is CCCc1ccc(NC(=O)COc2cccc(NC(=O)OCC)c2)cc1. The summed E-state index contributed by atoms with van der Waals surface area (Å²) >= 11 is 0. The Morgan fingerprint density at radius 2 is 1.73 bits per heavy atom. The summed E-state index contributed by atoms with van der Waals surface area (Å²) in [6.45, 7) is 4.03. The van der Waals surface area contributed by atoms with E-state index in [-0.39, 0.29) is 12.5 Å². The summed E-state index contributed by atoms with van der Waals surface area (Å²) in [6, 6.07) is 14.5. The Morgan fingerprint density at radius 3 is 2.42 bits per heavy atom. The molecule has 0 aromatic heterocycles. The van der Waals surface area contributed by atoms with Crippen LogP contribution in [0.5, 0.6) is 5.75 Å². The molecule has 2 N–H and O–H groups in total. The minimum Gasteiger partial charge on any atom is -0.484 e. The maximum Gasteiger partial charge on any atom is 0.411 e. The van der Waals surface area contributed by atoms with E-state index in [0.29, 0.717) is 18.0 Å². The minimum atomic E-state index is -0.533. The largest absolute Gasteiger partial charge is 0.484 e. The number of amides is 2. The summed E-state index contributed by atoms with van der Waals surface area (Å²) in [5, 5.41) is 5.38. The topological polar surface area (TPSA) is 76.7 Å². The molecule has 0 fully saturated rings. The number of carbonyl (C=O) groups is 2. The highest BCUT2D eigenvalue weighted by molar-refractivity contribution is 5.92. The van der Waals surface area contributed by atoms with Gasteiger partial charge in [-0.15, -0.1) is 0 Å². The highest BCUT2D eigenvalue weighted by Crippen LogP contribution is 2.18. The summed E-state index contributed by atoms with van der Waals surface area (Å²) in [5.41, 5.74) is 2.51. The molecule has 0 atom stereocenters. The lowest BCUT2D eigenvalue weighted by Crippen LogP contribution is -2.20. The molecule has 2 amide bonds. The quantitative estimate of drug-likeness (QED) is 0.742.